The van der Waals surface area contributed by atoms with Crippen molar-refractivity contribution in [1.82, 2.24) is 10.2 Å². The highest BCUT2D eigenvalue weighted by atomic mass is 16.5. The molecular formula is C11H20N3O2+. The summed E-state index contributed by atoms with van der Waals surface area (Å²) >= 11 is 0. The predicted molar refractivity (Wildman–Crippen MR) is 59.9 cm³/mol. The largest absolute Gasteiger partial charge is 0.530 e. The number of piperidine rings is 1. The zero-order valence-electron chi connectivity index (χ0n) is 9.94. The van der Waals surface area contributed by atoms with Crippen LogP contribution in [0.5, 0.6) is 0 Å². The van der Waals surface area contributed by atoms with E-state index >= 15 is 0 Å². The summed E-state index contributed by atoms with van der Waals surface area (Å²) in [6, 6.07) is 0.595. The number of carbonyl (C=O) groups is 1. The fraction of sp³-hybridized carbons (Fsp3) is 0.818. The first-order valence-corrected chi connectivity index (χ1v) is 5.97. The molecule has 16 heavy (non-hydrogen) atoms. The van der Waals surface area contributed by atoms with Gasteiger partial charge in [-0.1, -0.05) is 0 Å². The van der Waals surface area contributed by atoms with Crippen LogP contribution in [0.25, 0.3) is 0 Å². The normalized spacial score (nSPS) is 32.6. The van der Waals surface area contributed by atoms with Gasteiger partial charge in [0, 0.05) is 24.9 Å². The van der Waals surface area contributed by atoms with Crippen LogP contribution in [0.1, 0.15) is 32.6 Å². The van der Waals surface area contributed by atoms with Crippen LogP contribution < -0.4 is 5.32 Å². The highest BCUT2D eigenvalue weighted by Gasteiger charge is 2.40. The van der Waals surface area contributed by atoms with E-state index in [9.17, 15) is 10.0 Å². The Morgan fingerprint density at radius 2 is 2.06 bits per heavy atom. The number of nitrogens with one attached hydrogen (secondary N) is 1. The van der Waals surface area contributed by atoms with Crippen molar-refractivity contribution in [3.8, 4) is 0 Å². The Morgan fingerprint density at radius 3 is 2.56 bits per heavy atom. The summed E-state index contributed by atoms with van der Waals surface area (Å²) < 4.78 is 0.821. The molecule has 2 bridgehead atoms. The first kappa shape index (κ1) is 11.4. The Bertz CT molecular complexity index is 311. The molecule has 2 amide bonds. The molecule has 5 heteroatoms. The third-order valence-electron chi connectivity index (χ3n) is 3.75. The van der Waals surface area contributed by atoms with Gasteiger partial charge < -0.3 is 5.21 Å². The lowest BCUT2D eigenvalue weighted by Gasteiger charge is -2.30. The zero-order chi connectivity index (χ0) is 11.7. The van der Waals surface area contributed by atoms with Crippen molar-refractivity contribution < 1.29 is 14.7 Å². The molecule has 2 fully saturated rings. The lowest BCUT2D eigenvalue weighted by atomic mass is 10.0. The van der Waals surface area contributed by atoms with Crippen LogP contribution >= 0.6 is 0 Å². The first-order chi connectivity index (χ1) is 7.63. The van der Waals surface area contributed by atoms with Crippen LogP contribution in [-0.2, 0) is 0 Å². The number of nitrogens with zero attached hydrogens (tertiary/aromatic N) is 2. The molecule has 90 valence electrons. The molecule has 0 aromatic heterocycles. The Kier molecular flexibility index (Phi) is 3.14. The molecule has 2 heterocycles. The molecule has 2 aliphatic rings. The van der Waals surface area contributed by atoms with E-state index in [1.54, 1.807) is 0 Å². The zero-order valence-corrected chi connectivity index (χ0v) is 9.94. The smallest absolute Gasteiger partial charge is 0.347 e. The minimum absolute atomic E-state index is 0.401. The topological polar surface area (TPSA) is 55.6 Å². The van der Waals surface area contributed by atoms with Crippen molar-refractivity contribution in [2.24, 2.45) is 0 Å². The van der Waals surface area contributed by atoms with Gasteiger partial charge in [-0.25, -0.2) is 5.32 Å². The van der Waals surface area contributed by atoms with Crippen molar-refractivity contribution in [2.45, 2.75) is 44.7 Å². The van der Waals surface area contributed by atoms with Gasteiger partial charge in [-0.3, -0.25) is 4.90 Å². The molecule has 2 aliphatic heterocycles. The molecule has 0 saturated carbocycles. The lowest BCUT2D eigenvalue weighted by molar-refractivity contribution is -0.701. The van der Waals surface area contributed by atoms with Crippen molar-refractivity contribution in [3.05, 3.63) is 0 Å². The summed E-state index contributed by atoms with van der Waals surface area (Å²) in [6.45, 7) is 2.38. The van der Waals surface area contributed by atoms with Gasteiger partial charge in [0.2, 0.25) is 0 Å². The Balaban J connectivity index is 2.11. The van der Waals surface area contributed by atoms with Crippen LogP contribution in [0.3, 0.4) is 0 Å². The molecule has 0 aliphatic carbocycles. The number of hydrogen-bond donors (Lipinski definition) is 2. The summed E-state index contributed by atoms with van der Waals surface area (Å²) in [6.07, 6.45) is 3.96. The van der Waals surface area contributed by atoms with Crippen LogP contribution in [0.15, 0.2) is 0 Å². The summed E-state index contributed by atoms with van der Waals surface area (Å²) in [5.74, 6) is 0. The summed E-state index contributed by atoms with van der Waals surface area (Å²) in [5, 5.41) is 12.4. The molecule has 0 unspecified atom stereocenters. The fourth-order valence-electron chi connectivity index (χ4n) is 2.75. The SMILES string of the molecule is CCNC(=O)[N+](O)=C1C[C@H]2CC[C@@H](C1)N2C. The number of hydroxylamine groups is 1. The van der Waals surface area contributed by atoms with Gasteiger partial charge in [0.25, 0.3) is 0 Å². The van der Waals surface area contributed by atoms with Crippen LogP contribution in [0.4, 0.5) is 4.79 Å². The number of urea groups is 1. The Labute approximate surface area is 95.7 Å². The third kappa shape index (κ3) is 1.91. The lowest BCUT2D eigenvalue weighted by Crippen LogP contribution is -2.45. The summed E-state index contributed by atoms with van der Waals surface area (Å²) in [7, 11) is 2.13. The van der Waals surface area contributed by atoms with Crippen molar-refractivity contribution in [1.29, 1.82) is 0 Å². The van der Waals surface area contributed by atoms with E-state index < -0.39 is 6.03 Å². The Morgan fingerprint density at radius 1 is 1.50 bits per heavy atom. The molecule has 0 radical (unpaired) electrons. The van der Waals surface area contributed by atoms with Gasteiger partial charge >= 0.3 is 6.03 Å². The van der Waals surface area contributed by atoms with E-state index in [1.165, 1.54) is 12.8 Å². The van der Waals surface area contributed by atoms with E-state index in [2.05, 4.69) is 17.3 Å². The van der Waals surface area contributed by atoms with Gasteiger partial charge in [-0.05, 0) is 31.6 Å². The standard InChI is InChI=1S/C11H19N3O2/c1-3-12-11(15)14(16)10-6-8-4-5-9(7-10)13(8)2/h8-9H,3-7H2,1-2H3,(H-,12,15,16)/p+1/t8-,9+. The second-order valence-corrected chi connectivity index (χ2v) is 4.67. The van der Waals surface area contributed by atoms with E-state index in [4.69, 9.17) is 0 Å². The highest BCUT2D eigenvalue weighted by molar-refractivity contribution is 5.86. The first-order valence-electron chi connectivity index (χ1n) is 5.97. The van der Waals surface area contributed by atoms with Gasteiger partial charge in [-0.2, -0.15) is 4.79 Å². The molecule has 2 rings (SSSR count). The van der Waals surface area contributed by atoms with E-state index in [0.717, 1.165) is 23.3 Å². The van der Waals surface area contributed by atoms with Crippen LogP contribution in [-0.4, -0.2) is 52.3 Å². The van der Waals surface area contributed by atoms with Gasteiger partial charge in [0.15, 0.2) is 0 Å². The molecule has 0 aromatic carbocycles. The molecule has 5 nitrogen and oxygen atoms in total. The molecule has 2 atom stereocenters. The van der Waals surface area contributed by atoms with Crippen molar-refractivity contribution >= 4 is 11.7 Å². The molecule has 2 N–H and O–H groups in total. The average Bonchev–Trinajstić information content (AvgIpc) is 2.53. The predicted octanol–water partition coefficient (Wildman–Crippen LogP) is 0.815. The maximum atomic E-state index is 11.5. The minimum Gasteiger partial charge on any atom is -0.347 e. The van der Waals surface area contributed by atoms with E-state index in [-0.39, 0.29) is 0 Å². The third-order valence-corrected chi connectivity index (χ3v) is 3.75. The quantitative estimate of drug-likeness (QED) is 0.301. The average molecular weight is 226 g/mol. The van der Waals surface area contributed by atoms with E-state index in [1.807, 2.05) is 6.92 Å². The van der Waals surface area contributed by atoms with Crippen molar-refractivity contribution in [3.63, 3.8) is 0 Å². The Hall–Kier alpha value is -1.10. The second-order valence-electron chi connectivity index (χ2n) is 4.67. The minimum atomic E-state index is -0.401. The maximum Gasteiger partial charge on any atom is 0.530 e. The van der Waals surface area contributed by atoms with Crippen LogP contribution in [0, 0.1) is 0 Å². The number of carbonyl (C=O) groups excluding carboxylic acids is 1. The number of fused-ring (bicyclic) bond motifs is 2. The highest BCUT2D eigenvalue weighted by Crippen LogP contribution is 2.32. The van der Waals surface area contributed by atoms with Gasteiger partial charge in [0.1, 0.15) is 5.71 Å². The van der Waals surface area contributed by atoms with Crippen LogP contribution in [0.2, 0.25) is 0 Å². The second kappa shape index (κ2) is 4.41. The number of rotatable bonds is 1. The number of hydrogen-bond acceptors (Lipinski definition) is 3. The summed E-state index contributed by atoms with van der Waals surface area (Å²) in [4.78, 5) is 13.9. The van der Waals surface area contributed by atoms with E-state index in [0.29, 0.717) is 18.6 Å². The van der Waals surface area contributed by atoms with Gasteiger partial charge in [-0.15, -0.1) is 0 Å². The molecule has 0 spiro atoms. The fourth-order valence-corrected chi connectivity index (χ4v) is 2.75. The monoisotopic (exact) mass is 226 g/mol. The van der Waals surface area contributed by atoms with Gasteiger partial charge in [0.05, 0.1) is 6.54 Å². The van der Waals surface area contributed by atoms with Crippen molar-refractivity contribution in [2.75, 3.05) is 13.6 Å². The number of amides is 2. The summed E-state index contributed by atoms with van der Waals surface area (Å²) in [5.41, 5.74) is 0.858. The molecular weight excluding hydrogens is 206 g/mol. The molecule has 2 saturated heterocycles. The molecule has 0 aromatic rings. The maximum absolute atomic E-state index is 11.5.